The zero-order valence-corrected chi connectivity index (χ0v) is 15.1. The quantitative estimate of drug-likeness (QED) is 0.819. The third kappa shape index (κ3) is 4.78. The van der Waals surface area contributed by atoms with Gasteiger partial charge in [-0.3, -0.25) is 4.79 Å². The van der Waals surface area contributed by atoms with E-state index in [0.29, 0.717) is 6.04 Å². The minimum absolute atomic E-state index is 0.208. The monoisotopic (exact) mass is 323 g/mol. The molecular formula is C17H29N3OS. The molecule has 1 saturated heterocycles. The fourth-order valence-corrected chi connectivity index (χ4v) is 3.90. The van der Waals surface area contributed by atoms with Crippen LogP contribution in [-0.2, 0) is 11.2 Å². The second-order valence-corrected chi connectivity index (χ2v) is 7.84. The van der Waals surface area contributed by atoms with Gasteiger partial charge in [-0.05, 0) is 60.0 Å². The Morgan fingerprint density at radius 2 is 2.05 bits per heavy atom. The van der Waals surface area contributed by atoms with Crippen molar-refractivity contribution in [1.29, 1.82) is 0 Å². The fourth-order valence-electron chi connectivity index (χ4n) is 2.92. The van der Waals surface area contributed by atoms with Gasteiger partial charge >= 0.3 is 0 Å². The van der Waals surface area contributed by atoms with Crippen LogP contribution >= 0.6 is 11.3 Å². The third-order valence-corrected chi connectivity index (χ3v) is 5.70. The standard InChI is InChI=1S/C17H29N3OS/c1-12(2)20-10-7-15(8-11-20)17(21)18-9-5-6-16-19-13(3)14(4)22-16/h12,15H,5-11H2,1-4H3,(H,18,21). The van der Waals surface area contributed by atoms with Gasteiger partial charge in [0.1, 0.15) is 0 Å². The summed E-state index contributed by atoms with van der Waals surface area (Å²) in [6.45, 7) is 11.5. The second kappa shape index (κ2) is 8.06. The van der Waals surface area contributed by atoms with Crippen molar-refractivity contribution in [2.24, 2.45) is 5.92 Å². The molecular weight excluding hydrogens is 294 g/mol. The number of piperidine rings is 1. The summed E-state index contributed by atoms with van der Waals surface area (Å²) in [4.78, 5) is 20.5. The van der Waals surface area contributed by atoms with Gasteiger partial charge in [0.25, 0.3) is 0 Å². The van der Waals surface area contributed by atoms with Crippen LogP contribution in [0.1, 0.15) is 48.7 Å². The highest BCUT2D eigenvalue weighted by Crippen LogP contribution is 2.19. The molecule has 0 atom stereocenters. The number of likely N-dealkylation sites (tertiary alicyclic amines) is 1. The van der Waals surface area contributed by atoms with Gasteiger partial charge in [-0.2, -0.15) is 0 Å². The van der Waals surface area contributed by atoms with E-state index < -0.39 is 0 Å². The summed E-state index contributed by atoms with van der Waals surface area (Å²) < 4.78 is 0. The van der Waals surface area contributed by atoms with Crippen LogP contribution in [-0.4, -0.2) is 41.5 Å². The average Bonchev–Trinajstić information content (AvgIpc) is 2.82. The molecule has 1 aliphatic rings. The first kappa shape index (κ1) is 17.4. The van der Waals surface area contributed by atoms with Gasteiger partial charge < -0.3 is 10.2 Å². The van der Waals surface area contributed by atoms with E-state index in [9.17, 15) is 4.79 Å². The number of aryl methyl sites for hydroxylation is 3. The van der Waals surface area contributed by atoms with Crippen molar-refractivity contribution < 1.29 is 4.79 Å². The highest BCUT2D eigenvalue weighted by Gasteiger charge is 2.25. The van der Waals surface area contributed by atoms with Crippen LogP contribution in [0.4, 0.5) is 0 Å². The van der Waals surface area contributed by atoms with Crippen molar-refractivity contribution in [2.75, 3.05) is 19.6 Å². The molecule has 4 nitrogen and oxygen atoms in total. The topological polar surface area (TPSA) is 45.2 Å². The van der Waals surface area contributed by atoms with Gasteiger partial charge in [-0.15, -0.1) is 11.3 Å². The number of nitrogens with one attached hydrogen (secondary N) is 1. The van der Waals surface area contributed by atoms with Crippen molar-refractivity contribution in [3.63, 3.8) is 0 Å². The van der Waals surface area contributed by atoms with Crippen LogP contribution in [0.15, 0.2) is 0 Å². The van der Waals surface area contributed by atoms with Crippen LogP contribution in [0.2, 0.25) is 0 Å². The van der Waals surface area contributed by atoms with Crippen LogP contribution in [0.3, 0.4) is 0 Å². The molecule has 22 heavy (non-hydrogen) atoms. The number of rotatable bonds is 6. The van der Waals surface area contributed by atoms with Crippen LogP contribution in [0.5, 0.6) is 0 Å². The average molecular weight is 324 g/mol. The molecule has 0 aliphatic carbocycles. The summed E-state index contributed by atoms with van der Waals surface area (Å²) in [6, 6.07) is 0.592. The molecule has 1 aromatic heterocycles. The van der Waals surface area contributed by atoms with E-state index in [1.807, 2.05) is 0 Å². The number of thiazole rings is 1. The van der Waals surface area contributed by atoms with E-state index in [2.05, 4.69) is 42.9 Å². The van der Waals surface area contributed by atoms with Crippen LogP contribution < -0.4 is 5.32 Å². The molecule has 5 heteroatoms. The molecule has 1 aliphatic heterocycles. The number of carbonyl (C=O) groups is 1. The first-order valence-corrected chi connectivity index (χ1v) is 9.23. The van der Waals surface area contributed by atoms with E-state index in [0.717, 1.165) is 51.0 Å². The number of carbonyl (C=O) groups excluding carboxylic acids is 1. The lowest BCUT2D eigenvalue weighted by Crippen LogP contribution is -2.43. The number of hydrogen-bond acceptors (Lipinski definition) is 4. The third-order valence-electron chi connectivity index (χ3n) is 4.57. The maximum Gasteiger partial charge on any atom is 0.223 e. The molecule has 0 bridgehead atoms. The van der Waals surface area contributed by atoms with Gasteiger partial charge in [-0.25, -0.2) is 4.98 Å². The van der Waals surface area contributed by atoms with Crippen molar-refractivity contribution in [2.45, 2.75) is 59.4 Å². The number of nitrogens with zero attached hydrogens (tertiary/aromatic N) is 2. The lowest BCUT2D eigenvalue weighted by Gasteiger charge is -2.33. The molecule has 0 aromatic carbocycles. The van der Waals surface area contributed by atoms with E-state index >= 15 is 0 Å². The molecule has 1 amide bonds. The molecule has 0 radical (unpaired) electrons. The predicted octanol–water partition coefficient (Wildman–Crippen LogP) is 2.93. The summed E-state index contributed by atoms with van der Waals surface area (Å²) in [7, 11) is 0. The van der Waals surface area contributed by atoms with Crippen molar-refractivity contribution in [1.82, 2.24) is 15.2 Å². The number of aromatic nitrogens is 1. The summed E-state index contributed by atoms with van der Waals surface area (Å²) in [6.07, 6.45) is 3.93. The summed E-state index contributed by atoms with van der Waals surface area (Å²) in [5, 5.41) is 4.30. The predicted molar refractivity (Wildman–Crippen MR) is 92.4 cm³/mol. The van der Waals surface area contributed by atoms with E-state index in [-0.39, 0.29) is 11.8 Å². The Hall–Kier alpha value is -0.940. The molecule has 0 spiro atoms. The first-order valence-electron chi connectivity index (χ1n) is 8.42. The Morgan fingerprint density at radius 3 is 2.59 bits per heavy atom. The van der Waals surface area contributed by atoms with Crippen LogP contribution in [0.25, 0.3) is 0 Å². The minimum Gasteiger partial charge on any atom is -0.356 e. The maximum absolute atomic E-state index is 12.2. The second-order valence-electron chi connectivity index (χ2n) is 6.55. The molecule has 2 heterocycles. The Balaban J connectivity index is 1.64. The fraction of sp³-hybridized carbons (Fsp3) is 0.765. The van der Waals surface area contributed by atoms with Gasteiger partial charge in [0.2, 0.25) is 5.91 Å². The van der Waals surface area contributed by atoms with Crippen molar-refractivity contribution >= 4 is 17.2 Å². The van der Waals surface area contributed by atoms with Crippen molar-refractivity contribution in [3.05, 3.63) is 15.6 Å². The zero-order chi connectivity index (χ0) is 16.1. The highest BCUT2D eigenvalue weighted by molar-refractivity contribution is 7.11. The molecule has 0 unspecified atom stereocenters. The number of amides is 1. The Bertz CT molecular complexity index is 471. The molecule has 0 saturated carbocycles. The van der Waals surface area contributed by atoms with Gasteiger partial charge in [0, 0.05) is 29.8 Å². The zero-order valence-electron chi connectivity index (χ0n) is 14.3. The van der Waals surface area contributed by atoms with E-state index in [1.54, 1.807) is 11.3 Å². The van der Waals surface area contributed by atoms with Crippen LogP contribution in [0, 0.1) is 19.8 Å². The normalized spacial score (nSPS) is 17.1. The Labute approximate surface area is 138 Å². The van der Waals surface area contributed by atoms with E-state index in [1.165, 1.54) is 9.88 Å². The molecule has 2 rings (SSSR count). The SMILES string of the molecule is Cc1nc(CCCNC(=O)C2CCN(C(C)C)CC2)sc1C. The summed E-state index contributed by atoms with van der Waals surface area (Å²) in [5.74, 6) is 0.453. The van der Waals surface area contributed by atoms with Crippen molar-refractivity contribution in [3.8, 4) is 0 Å². The first-order chi connectivity index (χ1) is 10.5. The Morgan fingerprint density at radius 1 is 1.36 bits per heavy atom. The summed E-state index contributed by atoms with van der Waals surface area (Å²) >= 11 is 1.77. The lowest BCUT2D eigenvalue weighted by molar-refractivity contribution is -0.126. The maximum atomic E-state index is 12.2. The Kier molecular flexibility index (Phi) is 6.38. The number of hydrogen-bond donors (Lipinski definition) is 1. The summed E-state index contributed by atoms with van der Waals surface area (Å²) in [5.41, 5.74) is 1.14. The van der Waals surface area contributed by atoms with Gasteiger partial charge in [0.05, 0.1) is 10.7 Å². The lowest BCUT2D eigenvalue weighted by atomic mass is 9.95. The molecule has 124 valence electrons. The highest BCUT2D eigenvalue weighted by atomic mass is 32.1. The van der Waals surface area contributed by atoms with Gasteiger partial charge in [-0.1, -0.05) is 0 Å². The smallest absolute Gasteiger partial charge is 0.223 e. The molecule has 1 fully saturated rings. The minimum atomic E-state index is 0.208. The molecule has 1 N–H and O–H groups in total. The largest absolute Gasteiger partial charge is 0.356 e. The van der Waals surface area contributed by atoms with E-state index in [4.69, 9.17) is 0 Å². The van der Waals surface area contributed by atoms with Gasteiger partial charge in [0.15, 0.2) is 0 Å². The molecule has 1 aromatic rings.